The number of hydrogen-bond donors (Lipinski definition) is 1. The normalized spacial score (nSPS) is 10.5. The lowest BCUT2D eigenvalue weighted by Crippen LogP contribution is -1.91. The van der Waals surface area contributed by atoms with Gasteiger partial charge in [-0.3, -0.25) is 15.1 Å². The maximum Gasteiger partial charge on any atom is 0.269 e. The number of hydrogen-bond acceptors (Lipinski definition) is 3. The van der Waals surface area contributed by atoms with E-state index in [9.17, 15) is 10.1 Å². The Kier molecular flexibility index (Phi) is 3.47. The molecule has 2 heterocycles. The van der Waals surface area contributed by atoms with Crippen molar-refractivity contribution in [3.05, 3.63) is 82.3 Å². The molecule has 5 nitrogen and oxygen atoms in total. The Morgan fingerprint density at radius 2 is 2.05 bits per heavy atom. The lowest BCUT2D eigenvalue weighted by Gasteiger charge is -1.99. The second-order valence-corrected chi connectivity index (χ2v) is 4.77. The molecule has 0 aliphatic rings. The summed E-state index contributed by atoms with van der Waals surface area (Å²) in [5.41, 5.74) is 4.12. The fraction of sp³-hybridized carbons (Fsp3) is 0.0625. The Hall–Kier alpha value is -2.95. The van der Waals surface area contributed by atoms with Gasteiger partial charge in [0.05, 0.1) is 4.92 Å². The molecule has 0 spiro atoms. The Labute approximate surface area is 121 Å². The maximum atomic E-state index is 10.8. The molecule has 3 aromatic rings. The highest BCUT2D eigenvalue weighted by molar-refractivity contribution is 5.59. The first-order valence-corrected chi connectivity index (χ1v) is 6.53. The summed E-state index contributed by atoms with van der Waals surface area (Å²) in [4.78, 5) is 17.7. The fourth-order valence-electron chi connectivity index (χ4n) is 2.25. The minimum atomic E-state index is -0.373. The largest absolute Gasteiger partial charge is 0.361 e. The van der Waals surface area contributed by atoms with E-state index in [1.54, 1.807) is 24.5 Å². The number of rotatable bonds is 4. The molecule has 0 fully saturated rings. The number of aromatic nitrogens is 2. The highest BCUT2D eigenvalue weighted by atomic mass is 16.6. The van der Waals surface area contributed by atoms with Crippen LogP contribution in [0.1, 0.15) is 11.1 Å². The molecule has 1 N–H and O–H groups in total. The summed E-state index contributed by atoms with van der Waals surface area (Å²) in [7, 11) is 0. The quantitative estimate of drug-likeness (QED) is 0.586. The molecule has 5 heteroatoms. The van der Waals surface area contributed by atoms with E-state index < -0.39 is 0 Å². The average Bonchev–Trinajstić information content (AvgIpc) is 2.97. The van der Waals surface area contributed by atoms with E-state index in [1.165, 1.54) is 6.07 Å². The monoisotopic (exact) mass is 279 g/mol. The average molecular weight is 279 g/mol. The Bertz CT molecular complexity index is 766. The standard InChI is InChI=1S/C16H13N3O2/c20-19(21)15-5-1-3-12(8-15)7-13-9-16(18-10-13)14-4-2-6-17-11-14/h1-6,8-11,18H,7H2. The number of nitro benzene ring substituents is 1. The second-order valence-electron chi connectivity index (χ2n) is 4.77. The van der Waals surface area contributed by atoms with E-state index >= 15 is 0 Å². The number of nitro groups is 1. The smallest absolute Gasteiger partial charge is 0.269 e. The van der Waals surface area contributed by atoms with Crippen LogP contribution in [0.5, 0.6) is 0 Å². The lowest BCUT2D eigenvalue weighted by molar-refractivity contribution is -0.384. The van der Waals surface area contributed by atoms with Crippen molar-refractivity contribution in [3.63, 3.8) is 0 Å². The zero-order valence-electron chi connectivity index (χ0n) is 11.2. The number of pyridine rings is 1. The van der Waals surface area contributed by atoms with Crippen LogP contribution >= 0.6 is 0 Å². The lowest BCUT2D eigenvalue weighted by atomic mass is 10.1. The van der Waals surface area contributed by atoms with Gasteiger partial charge >= 0.3 is 0 Å². The van der Waals surface area contributed by atoms with Crippen LogP contribution in [0.15, 0.2) is 61.1 Å². The van der Waals surface area contributed by atoms with Crippen molar-refractivity contribution in [1.82, 2.24) is 9.97 Å². The third-order valence-electron chi connectivity index (χ3n) is 3.24. The number of aromatic amines is 1. The van der Waals surface area contributed by atoms with Crippen LogP contribution in [0, 0.1) is 10.1 Å². The van der Waals surface area contributed by atoms with E-state index in [4.69, 9.17) is 0 Å². The molecule has 0 amide bonds. The zero-order chi connectivity index (χ0) is 14.7. The van der Waals surface area contributed by atoms with Gasteiger partial charge in [0, 0.05) is 42.0 Å². The summed E-state index contributed by atoms with van der Waals surface area (Å²) in [5, 5.41) is 10.8. The van der Waals surface area contributed by atoms with Crippen LogP contribution in [0.3, 0.4) is 0 Å². The van der Waals surface area contributed by atoms with Crippen molar-refractivity contribution in [3.8, 4) is 11.3 Å². The molecule has 2 aromatic heterocycles. The van der Waals surface area contributed by atoms with Crippen LogP contribution in [-0.4, -0.2) is 14.9 Å². The number of nitrogens with zero attached hydrogens (tertiary/aromatic N) is 2. The van der Waals surface area contributed by atoms with Crippen molar-refractivity contribution in [2.24, 2.45) is 0 Å². The van der Waals surface area contributed by atoms with Crippen LogP contribution in [0.4, 0.5) is 5.69 Å². The predicted octanol–water partition coefficient (Wildman–Crippen LogP) is 3.58. The number of non-ortho nitro benzene ring substituents is 1. The van der Waals surface area contributed by atoms with Gasteiger partial charge in [0.25, 0.3) is 5.69 Å². The molecule has 0 unspecified atom stereocenters. The van der Waals surface area contributed by atoms with Crippen LogP contribution < -0.4 is 0 Å². The van der Waals surface area contributed by atoms with Crippen LogP contribution in [0.2, 0.25) is 0 Å². The molecule has 0 bridgehead atoms. The summed E-state index contributed by atoms with van der Waals surface area (Å²) in [5.74, 6) is 0. The fourth-order valence-corrected chi connectivity index (χ4v) is 2.25. The van der Waals surface area contributed by atoms with Crippen molar-refractivity contribution < 1.29 is 4.92 Å². The Morgan fingerprint density at radius 1 is 1.14 bits per heavy atom. The Morgan fingerprint density at radius 3 is 2.81 bits per heavy atom. The first-order chi connectivity index (χ1) is 10.2. The van der Waals surface area contributed by atoms with Gasteiger partial charge in [-0.05, 0) is 35.7 Å². The van der Waals surface area contributed by atoms with Gasteiger partial charge in [0.2, 0.25) is 0 Å². The third kappa shape index (κ3) is 2.97. The highest BCUT2D eigenvalue weighted by Crippen LogP contribution is 2.21. The first kappa shape index (κ1) is 13.1. The minimum Gasteiger partial charge on any atom is -0.361 e. The molecule has 0 saturated heterocycles. The minimum absolute atomic E-state index is 0.121. The molecule has 104 valence electrons. The molecule has 0 radical (unpaired) electrons. The molecule has 0 aliphatic heterocycles. The summed E-state index contributed by atoms with van der Waals surface area (Å²) in [6.45, 7) is 0. The predicted molar refractivity (Wildman–Crippen MR) is 79.9 cm³/mol. The number of nitrogens with one attached hydrogen (secondary N) is 1. The van der Waals surface area contributed by atoms with Crippen molar-refractivity contribution in [2.45, 2.75) is 6.42 Å². The summed E-state index contributed by atoms with van der Waals surface area (Å²) >= 11 is 0. The molecular weight excluding hydrogens is 266 g/mol. The van der Waals surface area contributed by atoms with E-state index in [0.717, 1.165) is 22.4 Å². The van der Waals surface area contributed by atoms with Gasteiger partial charge in [-0.2, -0.15) is 0 Å². The molecule has 0 atom stereocenters. The summed E-state index contributed by atoms with van der Waals surface area (Å²) in [6, 6.07) is 12.6. The van der Waals surface area contributed by atoms with Crippen molar-refractivity contribution in [1.29, 1.82) is 0 Å². The second kappa shape index (κ2) is 5.58. The van der Waals surface area contributed by atoms with E-state index in [1.807, 2.05) is 30.5 Å². The van der Waals surface area contributed by atoms with E-state index in [-0.39, 0.29) is 10.6 Å². The first-order valence-electron chi connectivity index (χ1n) is 6.53. The van der Waals surface area contributed by atoms with Gasteiger partial charge in [0.15, 0.2) is 0 Å². The van der Waals surface area contributed by atoms with E-state index in [0.29, 0.717) is 6.42 Å². The molecular formula is C16H13N3O2. The number of H-pyrrole nitrogens is 1. The SMILES string of the molecule is O=[N+]([O-])c1cccc(Cc2c[nH]c(-c3cccnc3)c2)c1. The van der Waals surface area contributed by atoms with Gasteiger partial charge in [-0.15, -0.1) is 0 Å². The van der Waals surface area contributed by atoms with Crippen molar-refractivity contribution >= 4 is 5.69 Å². The highest BCUT2D eigenvalue weighted by Gasteiger charge is 2.07. The molecule has 21 heavy (non-hydrogen) atoms. The molecule has 0 saturated carbocycles. The third-order valence-corrected chi connectivity index (χ3v) is 3.24. The molecule has 3 rings (SSSR count). The van der Waals surface area contributed by atoms with Gasteiger partial charge in [-0.1, -0.05) is 12.1 Å². The Balaban J connectivity index is 1.82. The van der Waals surface area contributed by atoms with Crippen LogP contribution in [0.25, 0.3) is 11.3 Å². The molecule has 0 aliphatic carbocycles. The topological polar surface area (TPSA) is 71.8 Å². The zero-order valence-corrected chi connectivity index (χ0v) is 11.2. The molecule has 1 aromatic carbocycles. The van der Waals surface area contributed by atoms with Gasteiger partial charge < -0.3 is 4.98 Å². The van der Waals surface area contributed by atoms with Crippen LogP contribution in [-0.2, 0) is 6.42 Å². The summed E-state index contributed by atoms with van der Waals surface area (Å²) < 4.78 is 0. The maximum absolute atomic E-state index is 10.8. The van der Waals surface area contributed by atoms with Gasteiger partial charge in [-0.25, -0.2) is 0 Å². The van der Waals surface area contributed by atoms with Gasteiger partial charge in [0.1, 0.15) is 0 Å². The summed E-state index contributed by atoms with van der Waals surface area (Å²) in [6.07, 6.45) is 6.10. The van der Waals surface area contributed by atoms with Crippen molar-refractivity contribution in [2.75, 3.05) is 0 Å². The number of benzene rings is 1. The van der Waals surface area contributed by atoms with E-state index in [2.05, 4.69) is 9.97 Å².